The fraction of sp³-hybridized carbons (Fsp3) is 0.333. The van der Waals surface area contributed by atoms with Gasteiger partial charge < -0.3 is 14.4 Å². The average molecular weight is 364 g/mol. The number of para-hydroxylation sites is 2. The Bertz CT molecular complexity index is 923. The lowest BCUT2D eigenvalue weighted by molar-refractivity contribution is 0.248. The van der Waals surface area contributed by atoms with Crippen molar-refractivity contribution in [2.45, 2.75) is 6.54 Å². The molecular formula is C21H24N4O2. The quantitative estimate of drug-likeness (QED) is 0.694. The highest BCUT2D eigenvalue weighted by Crippen LogP contribution is 2.28. The molecule has 0 N–H and O–H groups in total. The molecule has 1 aromatic heterocycles. The number of hydrogen-bond donors (Lipinski definition) is 0. The molecule has 0 unspecified atom stereocenters. The van der Waals surface area contributed by atoms with Crippen molar-refractivity contribution in [1.82, 2.24) is 14.9 Å². The fourth-order valence-corrected chi connectivity index (χ4v) is 3.47. The molecule has 0 amide bonds. The van der Waals surface area contributed by atoms with Crippen molar-refractivity contribution < 1.29 is 9.47 Å². The minimum absolute atomic E-state index is 0.765. The Labute approximate surface area is 159 Å². The molecule has 0 atom stereocenters. The summed E-state index contributed by atoms with van der Waals surface area (Å²) in [7, 11) is 3.33. The van der Waals surface area contributed by atoms with Gasteiger partial charge in [-0.1, -0.05) is 18.2 Å². The first kappa shape index (κ1) is 17.5. The molecule has 0 bridgehead atoms. The molecule has 0 spiro atoms. The van der Waals surface area contributed by atoms with Gasteiger partial charge in [0, 0.05) is 32.7 Å². The van der Waals surface area contributed by atoms with E-state index in [2.05, 4.69) is 26.9 Å². The molecule has 3 aromatic rings. The molecule has 0 aliphatic carbocycles. The Morgan fingerprint density at radius 1 is 0.889 bits per heavy atom. The molecular weight excluding hydrogens is 340 g/mol. The second kappa shape index (κ2) is 7.80. The molecule has 1 aliphatic rings. The van der Waals surface area contributed by atoms with E-state index in [4.69, 9.17) is 14.5 Å². The van der Waals surface area contributed by atoms with Crippen LogP contribution in [0.1, 0.15) is 5.56 Å². The number of benzene rings is 2. The smallest absolute Gasteiger partial charge is 0.161 e. The predicted molar refractivity (Wildman–Crippen MR) is 107 cm³/mol. The molecule has 140 valence electrons. The van der Waals surface area contributed by atoms with Crippen LogP contribution >= 0.6 is 0 Å². The molecule has 1 aliphatic heterocycles. The molecule has 1 fully saturated rings. The van der Waals surface area contributed by atoms with E-state index in [1.165, 1.54) is 5.56 Å². The second-order valence-electron chi connectivity index (χ2n) is 6.67. The zero-order valence-corrected chi connectivity index (χ0v) is 15.8. The van der Waals surface area contributed by atoms with E-state index in [0.29, 0.717) is 0 Å². The highest BCUT2D eigenvalue weighted by molar-refractivity contribution is 5.75. The monoisotopic (exact) mass is 364 g/mol. The normalized spacial score (nSPS) is 15.1. The average Bonchev–Trinajstić information content (AvgIpc) is 2.74. The first-order valence-electron chi connectivity index (χ1n) is 9.17. The summed E-state index contributed by atoms with van der Waals surface area (Å²) >= 11 is 0. The van der Waals surface area contributed by atoms with Gasteiger partial charge in [0.2, 0.25) is 0 Å². The number of nitrogens with zero attached hydrogens (tertiary/aromatic N) is 4. The zero-order chi connectivity index (χ0) is 18.6. The molecule has 4 rings (SSSR count). The molecule has 0 radical (unpaired) electrons. The lowest BCUT2D eigenvalue weighted by Crippen LogP contribution is -2.46. The number of methoxy groups -OCH3 is 2. The second-order valence-corrected chi connectivity index (χ2v) is 6.67. The van der Waals surface area contributed by atoms with Gasteiger partial charge in [0.05, 0.1) is 31.4 Å². The van der Waals surface area contributed by atoms with Gasteiger partial charge in [-0.15, -0.1) is 0 Å². The fourth-order valence-electron chi connectivity index (χ4n) is 3.47. The van der Waals surface area contributed by atoms with Crippen LogP contribution in [-0.2, 0) is 6.54 Å². The van der Waals surface area contributed by atoms with Crippen LogP contribution in [0.4, 0.5) is 5.82 Å². The summed E-state index contributed by atoms with van der Waals surface area (Å²) in [5.41, 5.74) is 3.11. The Hall–Kier alpha value is -2.86. The van der Waals surface area contributed by atoms with Gasteiger partial charge in [0.15, 0.2) is 11.5 Å². The number of ether oxygens (including phenoxy) is 2. The largest absolute Gasteiger partial charge is 0.493 e. The lowest BCUT2D eigenvalue weighted by atomic mass is 10.1. The summed E-state index contributed by atoms with van der Waals surface area (Å²) in [6, 6.07) is 14.1. The summed E-state index contributed by atoms with van der Waals surface area (Å²) in [6.45, 7) is 4.77. The maximum atomic E-state index is 5.41. The predicted octanol–water partition coefficient (Wildman–Crippen LogP) is 2.97. The number of aromatic nitrogens is 2. The number of anilines is 1. The van der Waals surface area contributed by atoms with E-state index >= 15 is 0 Å². The third-order valence-corrected chi connectivity index (χ3v) is 4.99. The zero-order valence-electron chi connectivity index (χ0n) is 15.8. The molecule has 1 saturated heterocycles. The Kier molecular flexibility index (Phi) is 5.07. The minimum atomic E-state index is 0.765. The first-order chi connectivity index (χ1) is 13.3. The summed E-state index contributed by atoms with van der Waals surface area (Å²) < 4.78 is 10.7. The van der Waals surface area contributed by atoms with E-state index in [1.54, 1.807) is 14.2 Å². The number of rotatable bonds is 5. The Balaban J connectivity index is 1.39. The molecule has 27 heavy (non-hydrogen) atoms. The minimum Gasteiger partial charge on any atom is -0.493 e. The van der Waals surface area contributed by atoms with E-state index in [9.17, 15) is 0 Å². The molecule has 6 heteroatoms. The molecule has 2 heterocycles. The van der Waals surface area contributed by atoms with Gasteiger partial charge in [-0.3, -0.25) is 9.88 Å². The summed E-state index contributed by atoms with van der Waals surface area (Å²) in [6.07, 6.45) is 1.88. The maximum absolute atomic E-state index is 5.41. The first-order valence-corrected chi connectivity index (χ1v) is 9.17. The maximum Gasteiger partial charge on any atom is 0.161 e. The van der Waals surface area contributed by atoms with Gasteiger partial charge >= 0.3 is 0 Å². The van der Waals surface area contributed by atoms with E-state index < -0.39 is 0 Å². The highest BCUT2D eigenvalue weighted by Gasteiger charge is 2.19. The van der Waals surface area contributed by atoms with Gasteiger partial charge in [-0.2, -0.15) is 0 Å². The van der Waals surface area contributed by atoms with Gasteiger partial charge in [0.1, 0.15) is 5.82 Å². The Morgan fingerprint density at radius 2 is 1.63 bits per heavy atom. The van der Waals surface area contributed by atoms with E-state index in [-0.39, 0.29) is 0 Å². The molecule has 6 nitrogen and oxygen atoms in total. The number of fused-ring (bicyclic) bond motifs is 1. The standard InChI is InChI=1S/C21H24N4O2/c1-26-19-8-7-16(13-20(19)27-2)15-24-9-11-25(12-10-24)21-14-22-17-5-3-4-6-18(17)23-21/h3-8,13-14H,9-12,15H2,1-2H3. The van der Waals surface area contributed by atoms with Gasteiger partial charge in [0.25, 0.3) is 0 Å². The van der Waals surface area contributed by atoms with Gasteiger partial charge in [-0.25, -0.2) is 4.98 Å². The Morgan fingerprint density at radius 3 is 2.37 bits per heavy atom. The topological polar surface area (TPSA) is 50.7 Å². The van der Waals surface area contributed by atoms with Crippen LogP contribution in [0.5, 0.6) is 11.5 Å². The van der Waals surface area contributed by atoms with E-state index in [1.807, 2.05) is 36.5 Å². The van der Waals surface area contributed by atoms with Crippen molar-refractivity contribution >= 4 is 16.9 Å². The van der Waals surface area contributed by atoms with Crippen molar-refractivity contribution in [1.29, 1.82) is 0 Å². The molecule has 2 aromatic carbocycles. The van der Waals surface area contributed by atoms with Crippen LogP contribution in [0, 0.1) is 0 Å². The SMILES string of the molecule is COc1ccc(CN2CCN(c3cnc4ccccc4n3)CC2)cc1OC. The van der Waals surface area contributed by atoms with Crippen LogP contribution in [0.15, 0.2) is 48.7 Å². The third kappa shape index (κ3) is 3.80. The highest BCUT2D eigenvalue weighted by atomic mass is 16.5. The lowest BCUT2D eigenvalue weighted by Gasteiger charge is -2.35. The van der Waals surface area contributed by atoms with Crippen molar-refractivity contribution in [2.75, 3.05) is 45.3 Å². The number of hydrogen-bond acceptors (Lipinski definition) is 6. The van der Waals surface area contributed by atoms with Crippen molar-refractivity contribution in [3.8, 4) is 11.5 Å². The van der Waals surface area contributed by atoms with E-state index in [0.717, 1.165) is 61.1 Å². The van der Waals surface area contributed by atoms with Crippen LogP contribution < -0.4 is 14.4 Å². The van der Waals surface area contributed by atoms with Crippen LogP contribution in [0.3, 0.4) is 0 Å². The summed E-state index contributed by atoms with van der Waals surface area (Å²) in [5, 5.41) is 0. The number of piperazine rings is 1. The summed E-state index contributed by atoms with van der Waals surface area (Å²) in [4.78, 5) is 14.1. The molecule has 0 saturated carbocycles. The van der Waals surface area contributed by atoms with Crippen LogP contribution in [0.2, 0.25) is 0 Å². The van der Waals surface area contributed by atoms with Crippen molar-refractivity contribution in [3.05, 3.63) is 54.2 Å². The van der Waals surface area contributed by atoms with Crippen LogP contribution in [-0.4, -0.2) is 55.3 Å². The van der Waals surface area contributed by atoms with Gasteiger partial charge in [-0.05, 0) is 29.8 Å². The van der Waals surface area contributed by atoms with Crippen LogP contribution in [0.25, 0.3) is 11.0 Å². The third-order valence-electron chi connectivity index (χ3n) is 4.99. The van der Waals surface area contributed by atoms with Crippen molar-refractivity contribution in [3.63, 3.8) is 0 Å². The summed E-state index contributed by atoms with van der Waals surface area (Å²) in [5.74, 6) is 2.50. The van der Waals surface area contributed by atoms with Crippen molar-refractivity contribution in [2.24, 2.45) is 0 Å².